The van der Waals surface area contributed by atoms with E-state index >= 15 is 0 Å². The highest BCUT2D eigenvalue weighted by molar-refractivity contribution is 5.51. The number of ether oxygens (including phenoxy) is 1. The van der Waals surface area contributed by atoms with Crippen LogP contribution in [0.15, 0.2) is 42.7 Å². The van der Waals surface area contributed by atoms with E-state index in [0.717, 1.165) is 12.1 Å². The van der Waals surface area contributed by atoms with Gasteiger partial charge in [0, 0.05) is 31.7 Å². The summed E-state index contributed by atoms with van der Waals surface area (Å²) in [7, 11) is 1.70. The van der Waals surface area contributed by atoms with E-state index in [1.807, 2.05) is 30.5 Å². The van der Waals surface area contributed by atoms with Crippen molar-refractivity contribution in [2.24, 2.45) is 0 Å². The van der Waals surface area contributed by atoms with Crippen LogP contribution in [0.2, 0.25) is 0 Å². The van der Waals surface area contributed by atoms with Crippen LogP contribution in [0, 0.1) is 0 Å². The number of rotatable bonds is 8. The topological polar surface area (TPSA) is 59.3 Å². The number of aliphatic hydroxyl groups is 1. The second-order valence-corrected chi connectivity index (χ2v) is 4.66. The van der Waals surface area contributed by atoms with Gasteiger partial charge in [0.2, 0.25) is 0 Å². The molecular weight excluding hydrogens is 254 g/mol. The summed E-state index contributed by atoms with van der Waals surface area (Å²) in [6.45, 7) is 1.67. The minimum absolute atomic E-state index is 0.481. The number of nitrogens with zero attached hydrogens (tertiary/aromatic N) is 2. The number of para-hydroxylation sites is 1. The number of aliphatic hydroxyl groups excluding tert-OH is 1. The second-order valence-electron chi connectivity index (χ2n) is 4.66. The Morgan fingerprint density at radius 1 is 1.35 bits per heavy atom. The maximum Gasteiger partial charge on any atom is 0.0907 e. The van der Waals surface area contributed by atoms with E-state index in [2.05, 4.69) is 16.5 Å². The first-order chi connectivity index (χ1) is 9.79. The molecule has 1 aromatic heterocycles. The van der Waals surface area contributed by atoms with Gasteiger partial charge in [-0.1, -0.05) is 18.2 Å². The van der Waals surface area contributed by atoms with Crippen LogP contribution >= 0.6 is 0 Å². The zero-order valence-electron chi connectivity index (χ0n) is 11.7. The molecule has 1 atom stereocenters. The molecule has 0 fully saturated rings. The number of methoxy groups -OCH3 is 1. The van der Waals surface area contributed by atoms with Gasteiger partial charge in [-0.15, -0.1) is 0 Å². The molecule has 0 saturated carbocycles. The molecule has 5 nitrogen and oxygen atoms in total. The zero-order chi connectivity index (χ0) is 14.2. The Labute approximate surface area is 119 Å². The molecule has 5 heteroatoms. The Hall–Kier alpha value is -1.85. The molecule has 1 unspecified atom stereocenters. The highest BCUT2D eigenvalue weighted by atomic mass is 16.5. The molecule has 0 saturated heterocycles. The maximum absolute atomic E-state index is 10.0. The summed E-state index contributed by atoms with van der Waals surface area (Å²) in [6.07, 6.45) is 3.93. The first-order valence-electron chi connectivity index (χ1n) is 6.76. The molecule has 2 aromatic rings. The standard InChI is InChI=1S/C15H21N3O2/c1-20-10-7-13-5-2-3-6-15(13)16-11-14(19)12-18-9-4-8-17-18/h2-6,8-9,14,16,19H,7,10-12H2,1H3. The van der Waals surface area contributed by atoms with Crippen LogP contribution in [0.5, 0.6) is 0 Å². The van der Waals surface area contributed by atoms with Crippen LogP contribution in [-0.4, -0.2) is 41.3 Å². The van der Waals surface area contributed by atoms with Crippen molar-refractivity contribution in [2.45, 2.75) is 19.1 Å². The highest BCUT2D eigenvalue weighted by Gasteiger charge is 2.07. The van der Waals surface area contributed by atoms with Crippen molar-refractivity contribution >= 4 is 5.69 Å². The van der Waals surface area contributed by atoms with Crippen molar-refractivity contribution in [1.29, 1.82) is 0 Å². The fraction of sp³-hybridized carbons (Fsp3) is 0.400. The first kappa shape index (κ1) is 14.6. The Balaban J connectivity index is 1.86. The summed E-state index contributed by atoms with van der Waals surface area (Å²) in [5, 5.41) is 17.4. The molecule has 0 amide bonds. The number of aromatic nitrogens is 2. The molecule has 0 bridgehead atoms. The van der Waals surface area contributed by atoms with Gasteiger partial charge in [0.15, 0.2) is 0 Å². The predicted molar refractivity (Wildman–Crippen MR) is 78.7 cm³/mol. The predicted octanol–water partition coefficient (Wildman–Crippen LogP) is 1.54. The molecule has 20 heavy (non-hydrogen) atoms. The summed E-state index contributed by atoms with van der Waals surface area (Å²) in [6, 6.07) is 9.93. The minimum atomic E-state index is -0.481. The van der Waals surface area contributed by atoms with Crippen molar-refractivity contribution in [3.63, 3.8) is 0 Å². The minimum Gasteiger partial charge on any atom is -0.389 e. The number of anilines is 1. The van der Waals surface area contributed by atoms with Crippen molar-refractivity contribution in [1.82, 2.24) is 9.78 Å². The average Bonchev–Trinajstić information content (AvgIpc) is 2.96. The Morgan fingerprint density at radius 2 is 2.20 bits per heavy atom. The number of benzene rings is 1. The fourth-order valence-corrected chi connectivity index (χ4v) is 2.04. The van der Waals surface area contributed by atoms with Gasteiger partial charge in [-0.2, -0.15) is 5.10 Å². The lowest BCUT2D eigenvalue weighted by Gasteiger charge is -2.15. The van der Waals surface area contributed by atoms with Gasteiger partial charge in [0.25, 0.3) is 0 Å². The normalized spacial score (nSPS) is 12.3. The Bertz CT molecular complexity index is 500. The number of hydrogen-bond donors (Lipinski definition) is 2. The lowest BCUT2D eigenvalue weighted by Crippen LogP contribution is -2.25. The summed E-state index contributed by atoms with van der Waals surface area (Å²) in [5.41, 5.74) is 2.24. The third-order valence-electron chi connectivity index (χ3n) is 3.08. The van der Waals surface area contributed by atoms with Gasteiger partial charge < -0.3 is 15.2 Å². The molecule has 1 heterocycles. The van der Waals surface area contributed by atoms with Gasteiger partial charge in [-0.3, -0.25) is 4.68 Å². The van der Waals surface area contributed by atoms with E-state index in [-0.39, 0.29) is 0 Å². The van der Waals surface area contributed by atoms with Gasteiger partial charge in [-0.05, 0) is 24.1 Å². The summed E-state index contributed by atoms with van der Waals surface area (Å²) in [4.78, 5) is 0. The summed E-state index contributed by atoms with van der Waals surface area (Å²) < 4.78 is 6.83. The Morgan fingerprint density at radius 3 is 2.95 bits per heavy atom. The smallest absolute Gasteiger partial charge is 0.0907 e. The molecule has 1 aromatic carbocycles. The molecule has 2 N–H and O–H groups in total. The van der Waals surface area contributed by atoms with Gasteiger partial charge >= 0.3 is 0 Å². The Kier molecular flexibility index (Phi) is 5.58. The fourth-order valence-electron chi connectivity index (χ4n) is 2.04. The van der Waals surface area contributed by atoms with Crippen LogP contribution < -0.4 is 5.32 Å². The number of nitrogens with one attached hydrogen (secondary N) is 1. The van der Waals surface area contributed by atoms with Crippen molar-refractivity contribution in [3.05, 3.63) is 48.3 Å². The molecule has 108 valence electrons. The second kappa shape index (κ2) is 7.67. The lowest BCUT2D eigenvalue weighted by molar-refractivity contribution is 0.161. The monoisotopic (exact) mass is 275 g/mol. The molecule has 0 aliphatic rings. The zero-order valence-corrected chi connectivity index (χ0v) is 11.7. The van der Waals surface area contributed by atoms with Gasteiger partial charge in [-0.25, -0.2) is 0 Å². The van der Waals surface area contributed by atoms with E-state index in [1.54, 1.807) is 18.0 Å². The molecule has 0 spiro atoms. The van der Waals surface area contributed by atoms with Crippen LogP contribution in [-0.2, 0) is 17.7 Å². The lowest BCUT2D eigenvalue weighted by atomic mass is 10.1. The van der Waals surface area contributed by atoms with E-state index in [4.69, 9.17) is 4.74 Å². The van der Waals surface area contributed by atoms with E-state index in [0.29, 0.717) is 19.7 Å². The van der Waals surface area contributed by atoms with E-state index in [9.17, 15) is 5.11 Å². The molecule has 2 rings (SSSR count). The third kappa shape index (κ3) is 4.36. The molecule has 0 aliphatic carbocycles. The third-order valence-corrected chi connectivity index (χ3v) is 3.08. The molecular formula is C15H21N3O2. The van der Waals surface area contributed by atoms with Crippen molar-refractivity contribution < 1.29 is 9.84 Å². The summed E-state index contributed by atoms with van der Waals surface area (Å²) >= 11 is 0. The van der Waals surface area contributed by atoms with Crippen LogP contribution in [0.1, 0.15) is 5.56 Å². The first-order valence-corrected chi connectivity index (χ1v) is 6.76. The van der Waals surface area contributed by atoms with E-state index < -0.39 is 6.10 Å². The van der Waals surface area contributed by atoms with Crippen LogP contribution in [0.4, 0.5) is 5.69 Å². The highest BCUT2D eigenvalue weighted by Crippen LogP contribution is 2.15. The number of hydrogen-bond acceptors (Lipinski definition) is 4. The van der Waals surface area contributed by atoms with Gasteiger partial charge in [0.1, 0.15) is 0 Å². The van der Waals surface area contributed by atoms with Crippen LogP contribution in [0.3, 0.4) is 0 Å². The van der Waals surface area contributed by atoms with Crippen LogP contribution in [0.25, 0.3) is 0 Å². The van der Waals surface area contributed by atoms with Gasteiger partial charge in [0.05, 0.1) is 19.3 Å². The quantitative estimate of drug-likeness (QED) is 0.767. The maximum atomic E-state index is 10.0. The molecule has 0 aliphatic heterocycles. The summed E-state index contributed by atoms with van der Waals surface area (Å²) in [5.74, 6) is 0. The largest absolute Gasteiger partial charge is 0.389 e. The van der Waals surface area contributed by atoms with Crippen molar-refractivity contribution in [2.75, 3.05) is 25.6 Å². The van der Waals surface area contributed by atoms with E-state index in [1.165, 1.54) is 5.56 Å². The average molecular weight is 275 g/mol. The SMILES string of the molecule is COCCc1ccccc1NCC(O)Cn1cccn1. The van der Waals surface area contributed by atoms with Crippen molar-refractivity contribution in [3.8, 4) is 0 Å². The molecule has 0 radical (unpaired) electrons.